The van der Waals surface area contributed by atoms with Crippen LogP contribution >= 0.6 is 0 Å². The van der Waals surface area contributed by atoms with E-state index in [-0.39, 0.29) is 12.4 Å². The summed E-state index contributed by atoms with van der Waals surface area (Å²) in [5.74, 6) is -0.510. The fourth-order valence-electron chi connectivity index (χ4n) is 1.01. The first-order valence-electron chi connectivity index (χ1n) is 4.14. The summed E-state index contributed by atoms with van der Waals surface area (Å²) >= 11 is 0. The number of aromatic nitrogens is 1. The van der Waals surface area contributed by atoms with Gasteiger partial charge < -0.3 is 15.2 Å². The molecule has 1 heterocycles. The SMILES string of the molecule is COC(=O)c1cccc[n+]1COC(N)=O. The zero-order valence-corrected chi connectivity index (χ0v) is 8.17. The molecule has 6 nitrogen and oxygen atoms in total. The largest absolute Gasteiger partial charge is 0.461 e. The van der Waals surface area contributed by atoms with Gasteiger partial charge in [-0.3, -0.25) is 0 Å². The number of nitrogens with zero attached hydrogens (tertiary/aromatic N) is 1. The highest BCUT2D eigenvalue weighted by Crippen LogP contribution is 1.94. The zero-order valence-electron chi connectivity index (χ0n) is 8.17. The minimum Gasteiger partial charge on any atom is -0.461 e. The number of primary amides is 1. The maximum Gasteiger partial charge on any atom is 0.409 e. The van der Waals surface area contributed by atoms with Crippen LogP contribution < -0.4 is 10.3 Å². The monoisotopic (exact) mass is 211 g/mol. The van der Waals surface area contributed by atoms with Crippen molar-refractivity contribution < 1.29 is 23.6 Å². The van der Waals surface area contributed by atoms with Gasteiger partial charge in [0.25, 0.3) is 12.4 Å². The summed E-state index contributed by atoms with van der Waals surface area (Å²) in [5.41, 5.74) is 5.09. The van der Waals surface area contributed by atoms with Crippen LogP contribution in [0.2, 0.25) is 0 Å². The predicted molar refractivity (Wildman–Crippen MR) is 48.6 cm³/mol. The van der Waals surface area contributed by atoms with E-state index >= 15 is 0 Å². The fraction of sp³-hybridized carbons (Fsp3) is 0.222. The summed E-state index contributed by atoms with van der Waals surface area (Å²) in [5, 5.41) is 0. The summed E-state index contributed by atoms with van der Waals surface area (Å²) in [6.45, 7) is -0.124. The van der Waals surface area contributed by atoms with Crippen molar-refractivity contribution in [3.8, 4) is 0 Å². The number of ether oxygens (including phenoxy) is 2. The molecule has 0 unspecified atom stereocenters. The van der Waals surface area contributed by atoms with Gasteiger partial charge in [-0.15, -0.1) is 0 Å². The molecule has 0 aliphatic carbocycles. The summed E-state index contributed by atoms with van der Waals surface area (Å²) in [7, 11) is 1.27. The number of carbonyl (C=O) groups excluding carboxylic acids is 2. The van der Waals surface area contributed by atoms with Gasteiger partial charge in [-0.05, 0) is 6.07 Å². The standard InChI is InChI=1S/C9H10N2O4/c1-14-8(12)7-4-2-3-5-11(7)6-15-9(10)13/h2-5H,6H2,1H3,(H-,10,13)/p+1. The average molecular weight is 211 g/mol. The molecule has 0 aliphatic heterocycles. The van der Waals surface area contributed by atoms with Crippen LogP contribution in [0.1, 0.15) is 10.5 Å². The van der Waals surface area contributed by atoms with E-state index in [4.69, 9.17) is 5.73 Å². The second-order valence-corrected chi connectivity index (χ2v) is 2.64. The molecule has 6 heteroatoms. The molecule has 0 aromatic carbocycles. The van der Waals surface area contributed by atoms with Crippen LogP contribution in [0.5, 0.6) is 0 Å². The normalized spacial score (nSPS) is 9.40. The van der Waals surface area contributed by atoms with Crippen molar-refractivity contribution in [2.45, 2.75) is 6.73 Å². The van der Waals surface area contributed by atoms with Crippen molar-refractivity contribution in [2.75, 3.05) is 7.11 Å². The number of carbonyl (C=O) groups is 2. The quantitative estimate of drug-likeness (QED) is 0.555. The predicted octanol–water partition coefficient (Wildman–Crippen LogP) is -0.186. The number of methoxy groups -OCH3 is 1. The lowest BCUT2D eigenvalue weighted by Crippen LogP contribution is -2.42. The Morgan fingerprint density at radius 1 is 1.47 bits per heavy atom. The van der Waals surface area contributed by atoms with Gasteiger partial charge >= 0.3 is 12.1 Å². The molecule has 0 fully saturated rings. The van der Waals surface area contributed by atoms with Crippen LogP contribution in [0.25, 0.3) is 0 Å². The van der Waals surface area contributed by atoms with Crippen molar-refractivity contribution in [2.24, 2.45) is 5.73 Å². The number of nitrogens with two attached hydrogens (primary N) is 1. The third-order valence-electron chi connectivity index (χ3n) is 1.68. The molecular weight excluding hydrogens is 200 g/mol. The number of hydrogen-bond acceptors (Lipinski definition) is 4. The second-order valence-electron chi connectivity index (χ2n) is 2.64. The van der Waals surface area contributed by atoms with Crippen LogP contribution in [0, 0.1) is 0 Å². The van der Waals surface area contributed by atoms with E-state index in [0.29, 0.717) is 0 Å². The first kappa shape index (κ1) is 11.0. The van der Waals surface area contributed by atoms with Gasteiger partial charge in [-0.2, -0.15) is 4.57 Å². The van der Waals surface area contributed by atoms with Crippen molar-refractivity contribution in [1.82, 2.24) is 0 Å². The lowest BCUT2D eigenvalue weighted by Gasteiger charge is -2.01. The summed E-state index contributed by atoms with van der Waals surface area (Å²) in [6, 6.07) is 4.92. The van der Waals surface area contributed by atoms with Gasteiger partial charge in [0.2, 0.25) is 0 Å². The molecule has 80 valence electrons. The van der Waals surface area contributed by atoms with Crippen molar-refractivity contribution >= 4 is 12.1 Å². The minimum absolute atomic E-state index is 0.124. The van der Waals surface area contributed by atoms with Crippen LogP contribution in [0.3, 0.4) is 0 Å². The van der Waals surface area contributed by atoms with Crippen molar-refractivity contribution in [3.63, 3.8) is 0 Å². The van der Waals surface area contributed by atoms with E-state index < -0.39 is 12.1 Å². The first-order chi connectivity index (χ1) is 7.15. The lowest BCUT2D eigenvalue weighted by molar-refractivity contribution is -0.729. The highest BCUT2D eigenvalue weighted by molar-refractivity contribution is 5.85. The third-order valence-corrected chi connectivity index (χ3v) is 1.68. The zero-order chi connectivity index (χ0) is 11.3. The van der Waals surface area contributed by atoms with Gasteiger partial charge in [0.05, 0.1) is 7.11 Å². The van der Waals surface area contributed by atoms with E-state index in [1.54, 1.807) is 24.4 Å². The van der Waals surface area contributed by atoms with E-state index in [2.05, 4.69) is 9.47 Å². The molecular formula is C9H11N2O4+. The molecule has 1 aromatic rings. The maximum atomic E-state index is 11.3. The van der Waals surface area contributed by atoms with Crippen LogP contribution in [0.4, 0.5) is 4.79 Å². The molecule has 0 aliphatic rings. The molecule has 15 heavy (non-hydrogen) atoms. The lowest BCUT2D eigenvalue weighted by atomic mass is 10.3. The Balaban J connectivity index is 2.86. The Kier molecular flexibility index (Phi) is 3.61. The van der Waals surface area contributed by atoms with E-state index in [0.717, 1.165) is 0 Å². The van der Waals surface area contributed by atoms with Gasteiger partial charge in [0.15, 0.2) is 6.20 Å². The van der Waals surface area contributed by atoms with Crippen LogP contribution in [0.15, 0.2) is 24.4 Å². The maximum absolute atomic E-state index is 11.3. The number of rotatable bonds is 3. The molecule has 0 radical (unpaired) electrons. The van der Waals surface area contributed by atoms with Crippen molar-refractivity contribution in [1.29, 1.82) is 0 Å². The Labute approximate surface area is 86.2 Å². The average Bonchev–Trinajstić information content (AvgIpc) is 2.25. The molecule has 0 spiro atoms. The number of hydrogen-bond donors (Lipinski definition) is 1. The Morgan fingerprint density at radius 2 is 2.20 bits per heavy atom. The van der Waals surface area contributed by atoms with Crippen LogP contribution in [-0.2, 0) is 16.2 Å². The summed E-state index contributed by atoms with van der Waals surface area (Å²) in [4.78, 5) is 21.7. The second kappa shape index (κ2) is 4.94. The Morgan fingerprint density at radius 3 is 2.80 bits per heavy atom. The van der Waals surface area contributed by atoms with Crippen molar-refractivity contribution in [3.05, 3.63) is 30.1 Å². The van der Waals surface area contributed by atoms with Crippen LogP contribution in [-0.4, -0.2) is 19.2 Å². The fourth-order valence-corrected chi connectivity index (χ4v) is 1.01. The topological polar surface area (TPSA) is 82.5 Å². The third kappa shape index (κ3) is 2.94. The van der Waals surface area contributed by atoms with Gasteiger partial charge in [-0.1, -0.05) is 0 Å². The molecule has 0 bridgehead atoms. The molecule has 1 aromatic heterocycles. The highest BCUT2D eigenvalue weighted by atomic mass is 16.6. The van der Waals surface area contributed by atoms with Gasteiger partial charge in [0, 0.05) is 12.1 Å². The molecule has 0 atom stereocenters. The number of amides is 1. The highest BCUT2D eigenvalue weighted by Gasteiger charge is 2.19. The molecule has 0 saturated carbocycles. The molecule has 1 amide bonds. The smallest absolute Gasteiger partial charge is 0.409 e. The van der Waals surface area contributed by atoms with E-state index in [1.165, 1.54) is 11.7 Å². The minimum atomic E-state index is -0.901. The van der Waals surface area contributed by atoms with E-state index in [9.17, 15) is 9.59 Å². The Bertz CT molecular complexity index is 378. The van der Waals surface area contributed by atoms with Gasteiger partial charge in [0.1, 0.15) is 0 Å². The summed E-state index contributed by atoms with van der Waals surface area (Å²) < 4.78 is 10.5. The Hall–Kier alpha value is -2.11. The number of esters is 1. The first-order valence-corrected chi connectivity index (χ1v) is 4.14. The molecule has 0 saturated heterocycles. The molecule has 1 rings (SSSR count). The van der Waals surface area contributed by atoms with Gasteiger partial charge in [-0.25, -0.2) is 9.59 Å². The van der Waals surface area contributed by atoms with E-state index in [1.807, 2.05) is 0 Å². The molecule has 2 N–H and O–H groups in total. The number of pyridine rings is 1. The summed E-state index contributed by atoms with van der Waals surface area (Å²) in [6.07, 6.45) is 0.678.